The zero-order chi connectivity index (χ0) is 13.1. The Morgan fingerprint density at radius 1 is 1.39 bits per heavy atom. The topological polar surface area (TPSA) is 60.2 Å². The van der Waals surface area contributed by atoms with E-state index in [0.29, 0.717) is 12.4 Å². The number of rotatable bonds is 4. The Kier molecular flexibility index (Phi) is 3.50. The lowest BCUT2D eigenvalue weighted by Crippen LogP contribution is -2.11. The highest BCUT2D eigenvalue weighted by Crippen LogP contribution is 2.26. The van der Waals surface area contributed by atoms with Gasteiger partial charge in [-0.05, 0) is 32.9 Å². The third kappa shape index (κ3) is 2.45. The summed E-state index contributed by atoms with van der Waals surface area (Å²) in [4.78, 5) is 4.17. The Morgan fingerprint density at radius 3 is 2.89 bits per heavy atom. The molecule has 0 radical (unpaired) electrons. The molecule has 1 heterocycles. The van der Waals surface area contributed by atoms with E-state index in [9.17, 15) is 5.11 Å². The molecule has 2 aromatic rings. The molecule has 0 bridgehead atoms. The molecule has 18 heavy (non-hydrogen) atoms. The molecule has 0 amide bonds. The van der Waals surface area contributed by atoms with Crippen LogP contribution in [0.15, 0.2) is 24.5 Å². The molecule has 1 aromatic heterocycles. The minimum atomic E-state index is 0.234. The number of hydrogen-bond donors (Lipinski definition) is 1. The van der Waals surface area contributed by atoms with E-state index >= 15 is 0 Å². The van der Waals surface area contributed by atoms with Gasteiger partial charge in [0.05, 0.1) is 0 Å². The maximum Gasteiger partial charge on any atom is 0.165 e. The molecule has 1 aromatic carbocycles. The fourth-order valence-electron chi connectivity index (χ4n) is 1.71. The van der Waals surface area contributed by atoms with Gasteiger partial charge in [-0.3, -0.25) is 0 Å². The second-order valence-electron chi connectivity index (χ2n) is 4.40. The van der Waals surface area contributed by atoms with Gasteiger partial charge in [0.1, 0.15) is 24.4 Å². The molecule has 1 N–H and O–H groups in total. The van der Waals surface area contributed by atoms with Gasteiger partial charge in [-0.2, -0.15) is 5.10 Å². The van der Waals surface area contributed by atoms with Crippen LogP contribution in [-0.4, -0.2) is 19.9 Å². The predicted molar refractivity (Wildman–Crippen MR) is 67.6 cm³/mol. The first-order chi connectivity index (χ1) is 8.59. The van der Waals surface area contributed by atoms with Crippen LogP contribution in [0, 0.1) is 6.92 Å². The van der Waals surface area contributed by atoms with Crippen LogP contribution in [0.3, 0.4) is 0 Å². The van der Waals surface area contributed by atoms with E-state index in [1.165, 1.54) is 6.33 Å². The van der Waals surface area contributed by atoms with Gasteiger partial charge in [-0.15, -0.1) is 0 Å². The van der Waals surface area contributed by atoms with Crippen molar-refractivity contribution in [1.29, 1.82) is 0 Å². The SMILES string of the molecule is Cc1c(O)cccc1OCc1ncnn1C(C)C. The fraction of sp³-hybridized carbons (Fsp3) is 0.385. The van der Waals surface area contributed by atoms with Crippen molar-refractivity contribution in [1.82, 2.24) is 14.8 Å². The molecular weight excluding hydrogens is 230 g/mol. The van der Waals surface area contributed by atoms with E-state index in [4.69, 9.17) is 4.74 Å². The number of benzene rings is 1. The molecule has 5 heteroatoms. The largest absolute Gasteiger partial charge is 0.508 e. The van der Waals surface area contributed by atoms with Crippen molar-refractivity contribution >= 4 is 0 Å². The van der Waals surface area contributed by atoms with Gasteiger partial charge in [-0.25, -0.2) is 9.67 Å². The van der Waals surface area contributed by atoms with Gasteiger partial charge in [0.15, 0.2) is 5.82 Å². The average molecular weight is 247 g/mol. The van der Waals surface area contributed by atoms with Crippen LogP contribution in [-0.2, 0) is 6.61 Å². The van der Waals surface area contributed by atoms with Gasteiger partial charge in [0.25, 0.3) is 0 Å². The Bertz CT molecular complexity index is 535. The van der Waals surface area contributed by atoms with E-state index in [-0.39, 0.29) is 11.8 Å². The molecule has 0 aliphatic carbocycles. The molecule has 0 aliphatic heterocycles. The third-order valence-corrected chi connectivity index (χ3v) is 2.75. The molecular formula is C13H17N3O2. The lowest BCUT2D eigenvalue weighted by molar-refractivity contribution is 0.279. The number of hydrogen-bond acceptors (Lipinski definition) is 4. The molecule has 2 rings (SSSR count). The lowest BCUT2D eigenvalue weighted by atomic mass is 10.2. The first-order valence-corrected chi connectivity index (χ1v) is 5.89. The normalized spacial score (nSPS) is 10.9. The highest BCUT2D eigenvalue weighted by Gasteiger charge is 2.09. The van der Waals surface area contributed by atoms with Crippen LogP contribution in [0.1, 0.15) is 31.3 Å². The van der Waals surface area contributed by atoms with Crippen LogP contribution in [0.25, 0.3) is 0 Å². The van der Waals surface area contributed by atoms with Crippen LogP contribution in [0.5, 0.6) is 11.5 Å². The van der Waals surface area contributed by atoms with Crippen molar-refractivity contribution in [3.8, 4) is 11.5 Å². The monoisotopic (exact) mass is 247 g/mol. The minimum Gasteiger partial charge on any atom is -0.508 e. The minimum absolute atomic E-state index is 0.234. The summed E-state index contributed by atoms with van der Waals surface area (Å²) in [5, 5.41) is 13.7. The number of nitrogens with zero attached hydrogens (tertiary/aromatic N) is 3. The zero-order valence-corrected chi connectivity index (χ0v) is 10.8. The van der Waals surface area contributed by atoms with E-state index in [0.717, 1.165) is 11.4 Å². The van der Waals surface area contributed by atoms with Crippen LogP contribution < -0.4 is 4.74 Å². The van der Waals surface area contributed by atoms with Crippen molar-refractivity contribution in [2.75, 3.05) is 0 Å². The summed E-state index contributed by atoms with van der Waals surface area (Å²) in [5.74, 6) is 1.67. The van der Waals surface area contributed by atoms with Gasteiger partial charge in [0, 0.05) is 11.6 Å². The highest BCUT2D eigenvalue weighted by atomic mass is 16.5. The number of phenolic OH excluding ortho intramolecular Hbond substituents is 1. The van der Waals surface area contributed by atoms with E-state index < -0.39 is 0 Å². The van der Waals surface area contributed by atoms with Crippen molar-refractivity contribution in [2.24, 2.45) is 0 Å². The molecule has 0 unspecified atom stereocenters. The fourth-order valence-corrected chi connectivity index (χ4v) is 1.71. The Morgan fingerprint density at radius 2 is 2.17 bits per heavy atom. The van der Waals surface area contributed by atoms with Crippen LogP contribution >= 0.6 is 0 Å². The summed E-state index contributed by atoms with van der Waals surface area (Å²) in [7, 11) is 0. The molecule has 0 spiro atoms. The molecule has 96 valence electrons. The van der Waals surface area contributed by atoms with Crippen molar-refractivity contribution in [3.63, 3.8) is 0 Å². The number of aromatic hydroxyl groups is 1. The average Bonchev–Trinajstić information content (AvgIpc) is 2.79. The number of ether oxygens (including phenoxy) is 1. The summed E-state index contributed by atoms with van der Waals surface area (Å²) in [6.07, 6.45) is 1.52. The lowest BCUT2D eigenvalue weighted by Gasteiger charge is -2.12. The number of aromatic nitrogens is 3. The Balaban J connectivity index is 2.12. The maximum absolute atomic E-state index is 9.59. The predicted octanol–water partition coefficient (Wildman–Crippen LogP) is 2.45. The Labute approximate surface area is 106 Å². The maximum atomic E-state index is 9.59. The number of phenols is 1. The van der Waals surface area contributed by atoms with Gasteiger partial charge < -0.3 is 9.84 Å². The summed E-state index contributed by atoms with van der Waals surface area (Å²) in [6.45, 7) is 6.23. The van der Waals surface area contributed by atoms with E-state index in [1.807, 2.05) is 31.5 Å². The first-order valence-electron chi connectivity index (χ1n) is 5.89. The standard InChI is InChI=1S/C13H17N3O2/c1-9(2)16-13(14-8-15-16)7-18-12-6-4-5-11(17)10(12)3/h4-6,8-9,17H,7H2,1-3H3. The smallest absolute Gasteiger partial charge is 0.165 e. The summed E-state index contributed by atoms with van der Waals surface area (Å²) in [6, 6.07) is 5.46. The van der Waals surface area contributed by atoms with Crippen molar-refractivity contribution in [3.05, 3.63) is 35.9 Å². The summed E-state index contributed by atoms with van der Waals surface area (Å²) < 4.78 is 7.49. The van der Waals surface area contributed by atoms with Gasteiger partial charge >= 0.3 is 0 Å². The molecule has 0 aliphatic rings. The van der Waals surface area contributed by atoms with Gasteiger partial charge in [0.2, 0.25) is 0 Å². The molecule has 0 saturated heterocycles. The van der Waals surface area contributed by atoms with E-state index in [2.05, 4.69) is 10.1 Å². The van der Waals surface area contributed by atoms with Crippen LogP contribution in [0.2, 0.25) is 0 Å². The quantitative estimate of drug-likeness (QED) is 0.901. The van der Waals surface area contributed by atoms with Crippen LogP contribution in [0.4, 0.5) is 0 Å². The second-order valence-corrected chi connectivity index (χ2v) is 4.40. The second kappa shape index (κ2) is 5.08. The van der Waals surface area contributed by atoms with Gasteiger partial charge in [-0.1, -0.05) is 6.07 Å². The molecule has 5 nitrogen and oxygen atoms in total. The molecule has 0 fully saturated rings. The highest BCUT2D eigenvalue weighted by molar-refractivity contribution is 5.42. The van der Waals surface area contributed by atoms with Crippen molar-refractivity contribution in [2.45, 2.75) is 33.4 Å². The summed E-state index contributed by atoms with van der Waals surface area (Å²) >= 11 is 0. The first kappa shape index (κ1) is 12.4. The zero-order valence-electron chi connectivity index (χ0n) is 10.8. The molecule has 0 saturated carbocycles. The molecule has 0 atom stereocenters. The summed E-state index contributed by atoms with van der Waals surface area (Å²) in [5.41, 5.74) is 0.730. The third-order valence-electron chi connectivity index (χ3n) is 2.75. The van der Waals surface area contributed by atoms with E-state index in [1.54, 1.807) is 12.1 Å². The van der Waals surface area contributed by atoms with Crippen molar-refractivity contribution < 1.29 is 9.84 Å². The Hall–Kier alpha value is -2.04.